The van der Waals surface area contributed by atoms with Gasteiger partial charge in [-0.2, -0.15) is 0 Å². The summed E-state index contributed by atoms with van der Waals surface area (Å²) in [4.78, 5) is 28.7. The smallest absolute Gasteiger partial charge is 0.258 e. The number of hydrazine groups is 1. The second-order valence-corrected chi connectivity index (χ2v) is 4.33. The molecule has 0 atom stereocenters. The molecule has 0 fully saturated rings. The van der Waals surface area contributed by atoms with Crippen molar-refractivity contribution in [2.24, 2.45) is 0 Å². The summed E-state index contributed by atoms with van der Waals surface area (Å²) in [5, 5.41) is 3.77. The fourth-order valence-electron chi connectivity index (χ4n) is 2.30. The van der Waals surface area contributed by atoms with Gasteiger partial charge in [0.25, 0.3) is 11.8 Å². The molecule has 0 unspecified atom stereocenters. The predicted molar refractivity (Wildman–Crippen MR) is 74.1 cm³/mol. The molecule has 2 amide bonds. The zero-order valence-electron chi connectivity index (χ0n) is 10.8. The van der Waals surface area contributed by atoms with Crippen molar-refractivity contribution in [3.8, 4) is 0 Å². The molecule has 3 rings (SSSR count). The lowest BCUT2D eigenvalue weighted by molar-refractivity contribution is 0.0678. The van der Waals surface area contributed by atoms with Crippen molar-refractivity contribution in [1.29, 1.82) is 0 Å². The van der Waals surface area contributed by atoms with Gasteiger partial charge < -0.3 is 0 Å². The van der Waals surface area contributed by atoms with Gasteiger partial charge in [-0.15, -0.1) is 5.59 Å². The molecular weight excluding hydrogens is 258 g/mol. The zero-order valence-corrected chi connectivity index (χ0v) is 10.8. The van der Waals surface area contributed by atoms with Crippen LogP contribution in [0.3, 0.4) is 0 Å². The molecule has 6 nitrogen and oxygen atoms in total. The topological polar surface area (TPSA) is 79.5 Å². The summed E-state index contributed by atoms with van der Waals surface area (Å²) in [7, 11) is 0. The molecule has 0 spiro atoms. The third kappa shape index (κ3) is 1.91. The first-order valence-corrected chi connectivity index (χ1v) is 6.26. The number of amides is 2. The molecule has 3 N–H and O–H groups in total. The van der Waals surface area contributed by atoms with Gasteiger partial charge >= 0.3 is 0 Å². The predicted octanol–water partition coefficient (Wildman–Crippen LogP) is 1.59. The van der Waals surface area contributed by atoms with E-state index in [9.17, 15) is 9.59 Å². The molecule has 20 heavy (non-hydrogen) atoms. The van der Waals surface area contributed by atoms with Crippen LogP contribution < -0.4 is 16.3 Å². The zero-order chi connectivity index (χ0) is 14.1. The van der Waals surface area contributed by atoms with Crippen LogP contribution in [0.25, 0.3) is 10.8 Å². The molecule has 0 bridgehead atoms. The molecule has 2 aromatic carbocycles. The fourth-order valence-corrected chi connectivity index (χ4v) is 2.30. The minimum atomic E-state index is -0.372. The Kier molecular flexibility index (Phi) is 3.09. The van der Waals surface area contributed by atoms with Crippen LogP contribution in [0, 0.1) is 0 Å². The average Bonchev–Trinajstić information content (AvgIpc) is 2.45. The van der Waals surface area contributed by atoms with Crippen LogP contribution in [0.5, 0.6) is 0 Å². The Morgan fingerprint density at radius 2 is 1.85 bits per heavy atom. The highest BCUT2D eigenvalue weighted by Crippen LogP contribution is 2.31. The first-order valence-electron chi connectivity index (χ1n) is 6.26. The summed E-state index contributed by atoms with van der Waals surface area (Å²) in [6.07, 6.45) is 0. The summed E-state index contributed by atoms with van der Waals surface area (Å²) in [5.74, 6) is -0.744. The molecule has 0 aromatic heterocycles. The van der Waals surface area contributed by atoms with Crippen molar-refractivity contribution < 1.29 is 14.4 Å². The van der Waals surface area contributed by atoms with E-state index in [-0.39, 0.29) is 11.8 Å². The number of carbonyl (C=O) groups is 2. The second-order valence-electron chi connectivity index (χ2n) is 4.33. The van der Waals surface area contributed by atoms with E-state index in [1.807, 2.05) is 13.0 Å². The Morgan fingerprint density at radius 1 is 1.10 bits per heavy atom. The first-order chi connectivity index (χ1) is 9.72. The van der Waals surface area contributed by atoms with E-state index in [2.05, 4.69) is 16.3 Å². The number of imide groups is 1. The van der Waals surface area contributed by atoms with Crippen LogP contribution in [-0.4, -0.2) is 18.4 Å². The quantitative estimate of drug-likeness (QED) is 0.447. The van der Waals surface area contributed by atoms with Crippen molar-refractivity contribution in [2.45, 2.75) is 6.92 Å². The highest BCUT2D eigenvalue weighted by atomic mass is 16.7. The first kappa shape index (κ1) is 12.6. The highest BCUT2D eigenvalue weighted by Gasteiger charge is 2.25. The minimum absolute atomic E-state index is 0.372. The van der Waals surface area contributed by atoms with Gasteiger partial charge in [-0.25, -0.2) is 0 Å². The van der Waals surface area contributed by atoms with Crippen molar-refractivity contribution in [1.82, 2.24) is 10.9 Å². The van der Waals surface area contributed by atoms with E-state index in [1.165, 1.54) is 0 Å². The van der Waals surface area contributed by atoms with Crippen molar-refractivity contribution in [3.63, 3.8) is 0 Å². The lowest BCUT2D eigenvalue weighted by Crippen LogP contribution is -2.34. The van der Waals surface area contributed by atoms with E-state index in [4.69, 9.17) is 4.84 Å². The van der Waals surface area contributed by atoms with E-state index in [0.717, 1.165) is 11.1 Å². The monoisotopic (exact) mass is 271 g/mol. The van der Waals surface area contributed by atoms with Gasteiger partial charge in [-0.05, 0) is 25.1 Å². The molecule has 6 heteroatoms. The van der Waals surface area contributed by atoms with Gasteiger partial charge in [0.15, 0.2) is 0 Å². The summed E-state index contributed by atoms with van der Waals surface area (Å²) >= 11 is 0. The Labute approximate surface area is 115 Å². The molecule has 2 aromatic rings. The maximum atomic E-state index is 11.9. The number of hydrogen-bond acceptors (Lipinski definition) is 5. The molecular formula is C14H13N3O3. The van der Waals surface area contributed by atoms with E-state index >= 15 is 0 Å². The number of anilines is 1. The van der Waals surface area contributed by atoms with Gasteiger partial charge in [-0.1, -0.05) is 12.1 Å². The Hall–Kier alpha value is -2.44. The van der Waals surface area contributed by atoms with Gasteiger partial charge in [0, 0.05) is 21.9 Å². The van der Waals surface area contributed by atoms with Crippen LogP contribution in [0.4, 0.5) is 5.69 Å². The van der Waals surface area contributed by atoms with Crippen LogP contribution >= 0.6 is 0 Å². The lowest BCUT2D eigenvalue weighted by atomic mass is 9.94. The second kappa shape index (κ2) is 4.92. The minimum Gasteiger partial charge on any atom is -0.298 e. The molecule has 0 saturated heterocycles. The Morgan fingerprint density at radius 3 is 2.60 bits per heavy atom. The van der Waals surface area contributed by atoms with Crippen molar-refractivity contribution in [3.05, 3.63) is 41.5 Å². The van der Waals surface area contributed by atoms with Crippen LogP contribution in [-0.2, 0) is 4.84 Å². The third-order valence-electron chi connectivity index (χ3n) is 3.16. The number of rotatable bonds is 4. The van der Waals surface area contributed by atoms with E-state index in [0.29, 0.717) is 23.1 Å². The molecule has 0 aliphatic carbocycles. The largest absolute Gasteiger partial charge is 0.298 e. The molecule has 1 heterocycles. The number of carbonyl (C=O) groups excluding carboxylic acids is 2. The van der Waals surface area contributed by atoms with Crippen LogP contribution in [0.15, 0.2) is 30.3 Å². The van der Waals surface area contributed by atoms with E-state index in [1.54, 1.807) is 24.3 Å². The van der Waals surface area contributed by atoms with Gasteiger partial charge in [0.2, 0.25) is 0 Å². The normalized spacial score (nSPS) is 13.4. The summed E-state index contributed by atoms with van der Waals surface area (Å²) in [5.41, 5.74) is 7.24. The molecule has 0 saturated carbocycles. The van der Waals surface area contributed by atoms with Gasteiger partial charge in [0.1, 0.15) is 0 Å². The van der Waals surface area contributed by atoms with Gasteiger partial charge in [0.05, 0.1) is 12.3 Å². The molecule has 0 radical (unpaired) electrons. The molecule has 1 aliphatic rings. The summed E-state index contributed by atoms with van der Waals surface area (Å²) in [6, 6.07) is 8.78. The Bertz CT molecular complexity index is 692. The maximum absolute atomic E-state index is 11.9. The fraction of sp³-hybridized carbons (Fsp3) is 0.143. The highest BCUT2D eigenvalue weighted by molar-refractivity contribution is 6.26. The van der Waals surface area contributed by atoms with Crippen molar-refractivity contribution in [2.75, 3.05) is 12.0 Å². The lowest BCUT2D eigenvalue weighted by Gasteiger charge is -2.19. The van der Waals surface area contributed by atoms with Gasteiger partial charge in [-0.3, -0.25) is 25.2 Å². The number of benzene rings is 2. The van der Waals surface area contributed by atoms with Crippen molar-refractivity contribution >= 4 is 28.3 Å². The third-order valence-corrected chi connectivity index (χ3v) is 3.16. The average molecular weight is 271 g/mol. The number of nitrogens with one attached hydrogen (secondary N) is 3. The van der Waals surface area contributed by atoms with E-state index < -0.39 is 0 Å². The van der Waals surface area contributed by atoms with Crippen LogP contribution in [0.2, 0.25) is 0 Å². The summed E-state index contributed by atoms with van der Waals surface area (Å²) in [6.45, 7) is 2.37. The SMILES string of the molecule is CCONNc1ccc2c3c(cccc13)C(=O)NC2=O. The molecule has 1 aliphatic heterocycles. The molecule has 102 valence electrons. The Balaban J connectivity index is 2.16. The standard InChI is InChI=1S/C14H13N3O3/c1-2-20-17-16-11-7-6-10-12-8(11)4-3-5-9(12)13(18)15-14(10)19/h3-7,16-17H,2H2,1H3,(H,15,18,19). The maximum Gasteiger partial charge on any atom is 0.258 e. The summed E-state index contributed by atoms with van der Waals surface area (Å²) < 4.78 is 0. The number of hydrogen-bond donors (Lipinski definition) is 3. The van der Waals surface area contributed by atoms with Crippen LogP contribution in [0.1, 0.15) is 27.6 Å².